The van der Waals surface area contributed by atoms with Crippen molar-refractivity contribution < 1.29 is 22.3 Å². The lowest BCUT2D eigenvalue weighted by Gasteiger charge is -2.28. The fourth-order valence-corrected chi connectivity index (χ4v) is 5.56. The number of nitrogens with zero attached hydrogens (tertiary/aromatic N) is 3. The zero-order chi connectivity index (χ0) is 22.2. The van der Waals surface area contributed by atoms with Gasteiger partial charge in [0.2, 0.25) is 10.0 Å². The third kappa shape index (κ3) is 4.11. The number of carbonyl (C=O) groups excluding carboxylic acids is 1. The summed E-state index contributed by atoms with van der Waals surface area (Å²) in [5.74, 6) is -0.598. The van der Waals surface area contributed by atoms with Crippen molar-refractivity contribution in [2.75, 3.05) is 13.2 Å². The minimum Gasteiger partial charge on any atom is -0.484 e. The van der Waals surface area contributed by atoms with E-state index >= 15 is 0 Å². The van der Waals surface area contributed by atoms with Crippen LogP contribution in [-0.2, 0) is 23.0 Å². The smallest absolute Gasteiger partial charge is 0.285 e. The molecule has 4 rings (SSSR count). The number of hydrogen-bond acceptors (Lipinski definition) is 5. The summed E-state index contributed by atoms with van der Waals surface area (Å²) >= 11 is 0. The van der Waals surface area contributed by atoms with Gasteiger partial charge in [-0.2, -0.15) is 9.40 Å². The first kappa shape index (κ1) is 21.2. The zero-order valence-electron chi connectivity index (χ0n) is 17.2. The van der Waals surface area contributed by atoms with Crippen LogP contribution < -0.4 is 4.74 Å². The second-order valence-corrected chi connectivity index (χ2v) is 9.28. The number of rotatable bonds is 5. The summed E-state index contributed by atoms with van der Waals surface area (Å²) in [4.78, 5) is 12.7. The number of sulfonamides is 1. The van der Waals surface area contributed by atoms with Gasteiger partial charge in [-0.3, -0.25) is 4.79 Å². The summed E-state index contributed by atoms with van der Waals surface area (Å²) < 4.78 is 47.6. The maximum Gasteiger partial charge on any atom is 0.285 e. The SMILES string of the molecule is Cc1nn(C(=O)COc2ccc(F)cc2)c(C)c1S(=O)(=O)N1CCc2ccccc2C1. The molecule has 0 saturated carbocycles. The Kier molecular flexibility index (Phi) is 5.63. The molecule has 3 aromatic rings. The number of ether oxygens (including phenoxy) is 1. The van der Waals surface area contributed by atoms with E-state index < -0.39 is 21.7 Å². The van der Waals surface area contributed by atoms with Gasteiger partial charge in [0.15, 0.2) is 6.61 Å². The van der Waals surface area contributed by atoms with E-state index in [0.29, 0.717) is 18.7 Å². The average molecular weight is 444 g/mol. The van der Waals surface area contributed by atoms with Gasteiger partial charge in [-0.25, -0.2) is 17.5 Å². The largest absolute Gasteiger partial charge is 0.484 e. The quantitative estimate of drug-likeness (QED) is 0.605. The topological polar surface area (TPSA) is 81.5 Å². The lowest BCUT2D eigenvalue weighted by atomic mass is 10.0. The molecule has 1 aromatic heterocycles. The van der Waals surface area contributed by atoms with Gasteiger partial charge in [0.25, 0.3) is 5.91 Å². The van der Waals surface area contributed by atoms with Crippen LogP contribution in [0.4, 0.5) is 4.39 Å². The molecular weight excluding hydrogens is 421 g/mol. The Labute approximate surface area is 180 Å². The molecule has 0 aliphatic carbocycles. The molecule has 2 heterocycles. The molecule has 0 saturated heterocycles. The van der Waals surface area contributed by atoms with Gasteiger partial charge in [-0.15, -0.1) is 0 Å². The summed E-state index contributed by atoms with van der Waals surface area (Å²) in [6, 6.07) is 13.0. The van der Waals surface area contributed by atoms with E-state index in [-0.39, 0.29) is 29.4 Å². The number of halogens is 1. The van der Waals surface area contributed by atoms with E-state index in [1.54, 1.807) is 13.8 Å². The minimum absolute atomic E-state index is 0.0435. The van der Waals surface area contributed by atoms with Gasteiger partial charge in [0, 0.05) is 13.1 Å². The van der Waals surface area contributed by atoms with Gasteiger partial charge in [0.05, 0.1) is 11.4 Å². The van der Waals surface area contributed by atoms with Crippen LogP contribution in [0.25, 0.3) is 0 Å². The van der Waals surface area contributed by atoms with Crippen LogP contribution in [0.2, 0.25) is 0 Å². The summed E-state index contributed by atoms with van der Waals surface area (Å²) in [6.07, 6.45) is 0.631. The van der Waals surface area contributed by atoms with Gasteiger partial charge in [-0.1, -0.05) is 24.3 Å². The molecule has 1 aliphatic heterocycles. The van der Waals surface area contributed by atoms with E-state index in [4.69, 9.17) is 4.74 Å². The minimum atomic E-state index is -3.84. The molecule has 162 valence electrons. The molecule has 2 aromatic carbocycles. The maximum absolute atomic E-state index is 13.4. The third-order valence-corrected chi connectivity index (χ3v) is 7.43. The van der Waals surface area contributed by atoms with Crippen LogP contribution in [0.3, 0.4) is 0 Å². The highest BCUT2D eigenvalue weighted by molar-refractivity contribution is 7.89. The lowest BCUT2D eigenvalue weighted by Crippen LogP contribution is -2.36. The first-order valence-corrected chi connectivity index (χ1v) is 11.3. The van der Waals surface area contributed by atoms with Crippen LogP contribution in [0.1, 0.15) is 27.3 Å². The Balaban J connectivity index is 1.56. The second-order valence-electron chi connectivity index (χ2n) is 7.41. The van der Waals surface area contributed by atoms with Gasteiger partial charge < -0.3 is 4.74 Å². The van der Waals surface area contributed by atoms with E-state index in [9.17, 15) is 17.6 Å². The van der Waals surface area contributed by atoms with Crippen molar-refractivity contribution in [3.63, 3.8) is 0 Å². The van der Waals surface area contributed by atoms with Crippen molar-refractivity contribution in [3.8, 4) is 5.75 Å². The van der Waals surface area contributed by atoms with Crippen molar-refractivity contribution in [2.24, 2.45) is 0 Å². The van der Waals surface area contributed by atoms with E-state index in [0.717, 1.165) is 15.8 Å². The molecule has 0 N–H and O–H groups in total. The highest BCUT2D eigenvalue weighted by Gasteiger charge is 2.34. The Morgan fingerprint density at radius 2 is 1.77 bits per heavy atom. The molecular formula is C22H22FN3O4S. The molecule has 0 fully saturated rings. The van der Waals surface area contributed by atoms with Crippen LogP contribution in [0.15, 0.2) is 53.4 Å². The Bertz CT molecular complexity index is 1240. The number of carbonyl (C=O) groups is 1. The van der Waals surface area contributed by atoms with Gasteiger partial charge in [0.1, 0.15) is 16.5 Å². The van der Waals surface area contributed by atoms with Crippen LogP contribution in [0, 0.1) is 19.7 Å². The van der Waals surface area contributed by atoms with Gasteiger partial charge >= 0.3 is 0 Å². The van der Waals surface area contributed by atoms with E-state index in [1.807, 2.05) is 24.3 Å². The summed E-state index contributed by atoms with van der Waals surface area (Å²) in [7, 11) is -3.84. The van der Waals surface area contributed by atoms with Crippen LogP contribution in [0.5, 0.6) is 5.75 Å². The normalized spacial score (nSPS) is 14.3. The predicted octanol–water partition coefficient (Wildman–Crippen LogP) is 3.11. The van der Waals surface area contributed by atoms with Crippen molar-refractivity contribution >= 4 is 15.9 Å². The number of fused-ring (bicyclic) bond motifs is 1. The lowest BCUT2D eigenvalue weighted by molar-refractivity contribution is 0.0818. The first-order valence-electron chi connectivity index (χ1n) is 9.82. The van der Waals surface area contributed by atoms with E-state index in [2.05, 4.69) is 5.10 Å². The van der Waals surface area contributed by atoms with Crippen molar-refractivity contribution in [2.45, 2.75) is 31.7 Å². The summed E-state index contributed by atoms with van der Waals surface area (Å²) in [5, 5.41) is 4.16. The van der Waals surface area contributed by atoms with Crippen molar-refractivity contribution in [1.29, 1.82) is 0 Å². The first-order chi connectivity index (χ1) is 14.8. The molecule has 31 heavy (non-hydrogen) atoms. The third-order valence-electron chi connectivity index (χ3n) is 5.33. The molecule has 0 spiro atoms. The highest BCUT2D eigenvalue weighted by Crippen LogP contribution is 2.28. The number of hydrogen-bond donors (Lipinski definition) is 0. The van der Waals surface area contributed by atoms with Crippen LogP contribution in [-0.4, -0.2) is 41.6 Å². The molecule has 0 atom stereocenters. The highest BCUT2D eigenvalue weighted by atomic mass is 32.2. The Morgan fingerprint density at radius 1 is 1.10 bits per heavy atom. The van der Waals surface area contributed by atoms with Crippen LogP contribution >= 0.6 is 0 Å². The standard InChI is InChI=1S/C22H22FN3O4S/c1-15-22(31(28,29)25-12-11-17-5-3-4-6-18(17)13-25)16(2)26(24-15)21(27)14-30-20-9-7-19(23)8-10-20/h3-10H,11-14H2,1-2H3. The molecule has 0 radical (unpaired) electrons. The number of aryl methyl sites for hydroxylation is 1. The fraction of sp³-hybridized carbons (Fsp3) is 0.273. The molecule has 0 bridgehead atoms. The van der Waals surface area contributed by atoms with E-state index in [1.165, 1.54) is 28.6 Å². The Hall–Kier alpha value is -3.04. The fourth-order valence-electron chi connectivity index (χ4n) is 3.79. The zero-order valence-corrected chi connectivity index (χ0v) is 18.0. The summed E-state index contributed by atoms with van der Waals surface area (Å²) in [6.45, 7) is 3.42. The maximum atomic E-state index is 13.4. The molecule has 7 nitrogen and oxygen atoms in total. The average Bonchev–Trinajstić information content (AvgIpc) is 3.07. The second kappa shape index (κ2) is 8.24. The molecule has 0 unspecified atom stereocenters. The molecule has 9 heteroatoms. The van der Waals surface area contributed by atoms with Gasteiger partial charge in [-0.05, 0) is 55.7 Å². The number of benzene rings is 2. The summed E-state index contributed by atoms with van der Waals surface area (Å²) in [5.41, 5.74) is 2.62. The van der Waals surface area contributed by atoms with Crippen molar-refractivity contribution in [3.05, 3.63) is 76.9 Å². The molecule has 1 aliphatic rings. The predicted molar refractivity (Wildman–Crippen MR) is 112 cm³/mol. The number of aromatic nitrogens is 2. The monoisotopic (exact) mass is 443 g/mol. The molecule has 0 amide bonds. The Morgan fingerprint density at radius 3 is 2.48 bits per heavy atom. The van der Waals surface area contributed by atoms with Crippen molar-refractivity contribution in [1.82, 2.24) is 14.1 Å².